The topological polar surface area (TPSA) is 21.3 Å². The van der Waals surface area contributed by atoms with Crippen LogP contribution in [0, 0.1) is 5.41 Å². The van der Waals surface area contributed by atoms with Gasteiger partial charge < -0.3 is 10.1 Å². The summed E-state index contributed by atoms with van der Waals surface area (Å²) >= 11 is 0. The fourth-order valence-corrected chi connectivity index (χ4v) is 3.05. The molecule has 1 unspecified atom stereocenters. The number of nitrogens with one attached hydrogen (secondary N) is 1. The highest BCUT2D eigenvalue weighted by Gasteiger charge is 2.35. The molecule has 18 heavy (non-hydrogen) atoms. The number of ether oxygens (including phenoxy) is 1. The Kier molecular flexibility index (Phi) is 3.96. The van der Waals surface area contributed by atoms with E-state index in [9.17, 15) is 0 Å². The largest absolute Gasteiger partial charge is 0.496 e. The van der Waals surface area contributed by atoms with Crippen LogP contribution in [0.15, 0.2) is 24.3 Å². The third-order valence-corrected chi connectivity index (χ3v) is 4.31. The van der Waals surface area contributed by atoms with Crippen molar-refractivity contribution in [1.29, 1.82) is 0 Å². The second-order valence-electron chi connectivity index (χ2n) is 6.06. The Hall–Kier alpha value is -1.02. The van der Waals surface area contributed by atoms with Crippen LogP contribution in [0.3, 0.4) is 0 Å². The molecule has 1 aliphatic rings. The van der Waals surface area contributed by atoms with Crippen LogP contribution in [-0.4, -0.2) is 13.2 Å². The first-order valence-electron chi connectivity index (χ1n) is 6.93. The third-order valence-electron chi connectivity index (χ3n) is 4.31. The molecule has 0 aromatic heterocycles. The maximum atomic E-state index is 5.44. The molecule has 0 spiro atoms. The van der Waals surface area contributed by atoms with E-state index >= 15 is 0 Å². The molecule has 0 bridgehead atoms. The van der Waals surface area contributed by atoms with Crippen molar-refractivity contribution >= 4 is 0 Å². The summed E-state index contributed by atoms with van der Waals surface area (Å²) in [6, 6.07) is 9.23. The Morgan fingerprint density at radius 3 is 2.67 bits per heavy atom. The second kappa shape index (κ2) is 5.31. The molecule has 2 heteroatoms. The standard InChI is InChI=1S/C16H25NO/c1-12(13-8-5-6-9-14(13)18-4)17-15-10-7-11-16(15,2)3/h5-6,8-9,12,15,17H,7,10-11H2,1-4H3/t12-,15?/m0/s1. The van der Waals surface area contributed by atoms with Gasteiger partial charge in [-0.15, -0.1) is 0 Å². The average molecular weight is 247 g/mol. The van der Waals surface area contributed by atoms with Crippen molar-refractivity contribution in [3.63, 3.8) is 0 Å². The first kappa shape index (κ1) is 13.4. The van der Waals surface area contributed by atoms with Gasteiger partial charge in [0.2, 0.25) is 0 Å². The minimum atomic E-state index is 0.337. The minimum absolute atomic E-state index is 0.337. The van der Waals surface area contributed by atoms with E-state index in [1.807, 2.05) is 12.1 Å². The summed E-state index contributed by atoms with van der Waals surface area (Å²) in [5, 5.41) is 3.78. The summed E-state index contributed by atoms with van der Waals surface area (Å²) in [6.45, 7) is 6.96. The summed E-state index contributed by atoms with van der Waals surface area (Å²) in [5.41, 5.74) is 1.67. The zero-order valence-corrected chi connectivity index (χ0v) is 12.0. The van der Waals surface area contributed by atoms with Gasteiger partial charge >= 0.3 is 0 Å². The Morgan fingerprint density at radius 1 is 1.33 bits per heavy atom. The molecule has 0 saturated heterocycles. The SMILES string of the molecule is COc1ccccc1[C@H](C)NC1CCCC1(C)C. The molecule has 1 aliphatic carbocycles. The molecule has 0 radical (unpaired) electrons. The molecule has 2 nitrogen and oxygen atoms in total. The average Bonchev–Trinajstić information content (AvgIpc) is 2.68. The van der Waals surface area contributed by atoms with Gasteiger partial charge in [-0.25, -0.2) is 0 Å². The lowest BCUT2D eigenvalue weighted by atomic mass is 9.86. The summed E-state index contributed by atoms with van der Waals surface area (Å²) in [7, 11) is 1.74. The summed E-state index contributed by atoms with van der Waals surface area (Å²) < 4.78 is 5.44. The van der Waals surface area contributed by atoms with Gasteiger partial charge in [0, 0.05) is 17.6 Å². The Bertz CT molecular complexity index is 400. The fraction of sp³-hybridized carbons (Fsp3) is 0.625. The van der Waals surface area contributed by atoms with Gasteiger partial charge in [-0.1, -0.05) is 38.5 Å². The molecule has 1 N–H and O–H groups in total. The van der Waals surface area contributed by atoms with Gasteiger partial charge in [-0.2, -0.15) is 0 Å². The number of methoxy groups -OCH3 is 1. The van der Waals surface area contributed by atoms with E-state index in [2.05, 4.69) is 38.2 Å². The van der Waals surface area contributed by atoms with Crippen LogP contribution in [0.5, 0.6) is 5.75 Å². The van der Waals surface area contributed by atoms with Gasteiger partial charge in [0.05, 0.1) is 7.11 Å². The van der Waals surface area contributed by atoms with Gasteiger partial charge in [-0.05, 0) is 31.2 Å². The van der Waals surface area contributed by atoms with Crippen LogP contribution in [0.1, 0.15) is 51.6 Å². The van der Waals surface area contributed by atoms with E-state index in [-0.39, 0.29) is 0 Å². The van der Waals surface area contributed by atoms with Crippen molar-refractivity contribution in [3.8, 4) is 5.75 Å². The molecule has 1 aromatic carbocycles. The zero-order valence-electron chi connectivity index (χ0n) is 12.0. The van der Waals surface area contributed by atoms with Crippen molar-refractivity contribution in [2.75, 3.05) is 7.11 Å². The molecule has 0 heterocycles. The monoisotopic (exact) mass is 247 g/mol. The minimum Gasteiger partial charge on any atom is -0.496 e. The summed E-state index contributed by atoms with van der Waals surface area (Å²) in [5.74, 6) is 0.980. The van der Waals surface area contributed by atoms with Crippen molar-refractivity contribution in [2.45, 2.75) is 52.1 Å². The first-order chi connectivity index (χ1) is 8.54. The summed E-state index contributed by atoms with van der Waals surface area (Å²) in [4.78, 5) is 0. The van der Waals surface area contributed by atoms with E-state index in [1.165, 1.54) is 24.8 Å². The number of benzene rings is 1. The van der Waals surface area contributed by atoms with Crippen LogP contribution < -0.4 is 10.1 Å². The first-order valence-corrected chi connectivity index (χ1v) is 6.93. The Balaban J connectivity index is 2.10. The predicted octanol–water partition coefficient (Wildman–Crippen LogP) is 3.92. The number of hydrogen-bond donors (Lipinski definition) is 1. The number of rotatable bonds is 4. The normalized spacial score (nSPS) is 23.9. The van der Waals surface area contributed by atoms with Crippen LogP contribution in [-0.2, 0) is 0 Å². The molecule has 2 rings (SSSR count). The van der Waals surface area contributed by atoms with Crippen LogP contribution in [0.4, 0.5) is 0 Å². The highest BCUT2D eigenvalue weighted by molar-refractivity contribution is 5.35. The van der Waals surface area contributed by atoms with Crippen molar-refractivity contribution in [1.82, 2.24) is 5.32 Å². The van der Waals surface area contributed by atoms with Crippen LogP contribution in [0.2, 0.25) is 0 Å². The number of hydrogen-bond acceptors (Lipinski definition) is 2. The lowest BCUT2D eigenvalue weighted by molar-refractivity contribution is 0.264. The smallest absolute Gasteiger partial charge is 0.123 e. The van der Waals surface area contributed by atoms with Gasteiger partial charge in [0.15, 0.2) is 0 Å². The quantitative estimate of drug-likeness (QED) is 0.870. The molecule has 100 valence electrons. The number of para-hydroxylation sites is 1. The van der Waals surface area contributed by atoms with E-state index in [1.54, 1.807) is 7.11 Å². The van der Waals surface area contributed by atoms with Crippen molar-refractivity contribution < 1.29 is 4.74 Å². The van der Waals surface area contributed by atoms with Gasteiger partial charge in [0.1, 0.15) is 5.75 Å². The van der Waals surface area contributed by atoms with E-state index < -0.39 is 0 Å². The van der Waals surface area contributed by atoms with E-state index in [4.69, 9.17) is 4.74 Å². The molecule has 0 amide bonds. The zero-order chi connectivity index (χ0) is 13.2. The van der Waals surface area contributed by atoms with Crippen molar-refractivity contribution in [3.05, 3.63) is 29.8 Å². The van der Waals surface area contributed by atoms with Crippen molar-refractivity contribution in [2.24, 2.45) is 5.41 Å². The molecule has 1 fully saturated rings. The molecule has 1 aromatic rings. The maximum Gasteiger partial charge on any atom is 0.123 e. The molecule has 0 aliphatic heterocycles. The lowest BCUT2D eigenvalue weighted by Crippen LogP contribution is -2.39. The molecular formula is C16H25NO. The second-order valence-corrected chi connectivity index (χ2v) is 6.06. The maximum absolute atomic E-state index is 5.44. The van der Waals surface area contributed by atoms with Crippen LogP contribution in [0.25, 0.3) is 0 Å². The molecule has 1 saturated carbocycles. The van der Waals surface area contributed by atoms with Gasteiger partial charge in [0.25, 0.3) is 0 Å². The lowest BCUT2D eigenvalue weighted by Gasteiger charge is -2.31. The molecule has 2 atom stereocenters. The molecular weight excluding hydrogens is 222 g/mol. The van der Waals surface area contributed by atoms with Gasteiger partial charge in [-0.3, -0.25) is 0 Å². The highest BCUT2D eigenvalue weighted by Crippen LogP contribution is 2.38. The Morgan fingerprint density at radius 2 is 2.06 bits per heavy atom. The Labute approximate surface area is 111 Å². The van der Waals surface area contributed by atoms with Crippen LogP contribution >= 0.6 is 0 Å². The highest BCUT2D eigenvalue weighted by atomic mass is 16.5. The summed E-state index contributed by atoms with van der Waals surface area (Å²) in [6.07, 6.45) is 3.94. The fourth-order valence-electron chi connectivity index (χ4n) is 3.05. The predicted molar refractivity (Wildman–Crippen MR) is 76.0 cm³/mol. The van der Waals surface area contributed by atoms with E-state index in [0.29, 0.717) is 17.5 Å². The third kappa shape index (κ3) is 2.69. The van der Waals surface area contributed by atoms with E-state index in [0.717, 1.165) is 5.75 Å².